The Morgan fingerprint density at radius 1 is 0.625 bits per heavy atom. The van der Waals surface area contributed by atoms with Crippen LogP contribution < -0.4 is 0 Å². The summed E-state index contributed by atoms with van der Waals surface area (Å²) in [4.78, 5) is 2.91. The van der Waals surface area contributed by atoms with E-state index in [1.165, 1.54) is 106 Å². The van der Waals surface area contributed by atoms with Gasteiger partial charge in [0.2, 0.25) is 0 Å². The normalized spacial score (nSPS) is 13.4. The van der Waals surface area contributed by atoms with Gasteiger partial charge in [-0.05, 0) is 88.3 Å². The van der Waals surface area contributed by atoms with Crippen molar-refractivity contribution in [2.24, 2.45) is 0 Å². The zero-order valence-electron chi connectivity index (χ0n) is 31.2. The van der Waals surface area contributed by atoms with Crippen molar-refractivity contribution in [2.45, 2.75) is 185 Å². The highest BCUT2D eigenvalue weighted by atomic mass is 32.2. The number of rotatable bonds is 33. The summed E-state index contributed by atoms with van der Waals surface area (Å²) in [6, 6.07) is 7.11. The van der Waals surface area contributed by atoms with E-state index in [1.807, 2.05) is 19.1 Å². The molecule has 48 heavy (non-hydrogen) atoms. The van der Waals surface area contributed by atoms with Crippen LogP contribution in [-0.4, -0.2) is 29.9 Å². The highest BCUT2D eigenvalue weighted by Crippen LogP contribution is 2.37. The zero-order valence-corrected chi connectivity index (χ0v) is 33.6. The lowest BCUT2D eigenvalue weighted by Gasteiger charge is -2.23. The van der Waals surface area contributed by atoms with Crippen LogP contribution in [0, 0.1) is 13.5 Å². The summed E-state index contributed by atoms with van der Waals surface area (Å²) in [5.74, 6) is 2.57. The van der Waals surface area contributed by atoms with Crippen molar-refractivity contribution in [3.8, 4) is 0 Å². The van der Waals surface area contributed by atoms with Crippen LogP contribution in [0.1, 0.15) is 174 Å². The molecule has 1 atom stereocenters. The van der Waals surface area contributed by atoms with E-state index in [1.54, 1.807) is 12.1 Å². The number of aryl methyl sites for hydroxylation is 1. The Kier molecular flexibility index (Phi) is 28.6. The molecule has 0 fully saturated rings. The fraction of sp³-hybridized carbons (Fsp3) is 0.738. The second-order valence-electron chi connectivity index (χ2n) is 13.6. The summed E-state index contributed by atoms with van der Waals surface area (Å²) in [6.07, 6.45) is 35.9. The number of thioether (sulfide) groups is 2. The first-order chi connectivity index (χ1) is 23.4. The molecule has 0 heterocycles. The molecule has 274 valence electrons. The van der Waals surface area contributed by atoms with E-state index in [2.05, 4.69) is 66.5 Å². The highest BCUT2D eigenvalue weighted by molar-refractivity contribution is 8.15. The summed E-state index contributed by atoms with van der Waals surface area (Å²) < 4.78 is 27.9. The molecule has 1 aromatic carbocycles. The Labute approximate surface area is 307 Å². The van der Waals surface area contributed by atoms with Crippen LogP contribution in [0.5, 0.6) is 0 Å². The number of unbranched alkanes of at least 4 members (excludes halogenated alkanes) is 17. The van der Waals surface area contributed by atoms with Gasteiger partial charge in [-0.3, -0.25) is 4.85 Å². The number of benzene rings is 1. The average molecular weight is 718 g/mol. The molecule has 1 unspecified atom stereocenters. The Hall–Kier alpha value is -1.16. The van der Waals surface area contributed by atoms with Gasteiger partial charge in [0.1, 0.15) is 0 Å². The quantitative estimate of drug-likeness (QED) is 0.0314. The van der Waals surface area contributed by atoms with Crippen molar-refractivity contribution in [1.29, 1.82) is 0 Å². The molecule has 0 N–H and O–H groups in total. The van der Waals surface area contributed by atoms with Gasteiger partial charge in [-0.15, -0.1) is 0 Å². The monoisotopic (exact) mass is 717 g/mol. The van der Waals surface area contributed by atoms with Gasteiger partial charge in [0.05, 0.1) is 4.90 Å². The third-order valence-corrected chi connectivity index (χ3v) is 14.1. The maximum atomic E-state index is 13.9. The van der Waals surface area contributed by atoms with E-state index in [-0.39, 0.29) is 0 Å². The minimum absolute atomic E-state index is 0.307. The van der Waals surface area contributed by atoms with Crippen molar-refractivity contribution in [2.75, 3.05) is 16.6 Å². The van der Waals surface area contributed by atoms with Crippen LogP contribution >= 0.6 is 23.5 Å². The molecule has 0 aliphatic carbocycles. The lowest BCUT2D eigenvalue weighted by molar-refractivity contribution is 0.458. The third-order valence-electron chi connectivity index (χ3n) is 9.22. The average Bonchev–Trinajstić information content (AvgIpc) is 3.09. The number of hydrogen-bond acceptors (Lipinski definition) is 4. The van der Waals surface area contributed by atoms with Gasteiger partial charge in [0.25, 0.3) is 9.84 Å². The van der Waals surface area contributed by atoms with Gasteiger partial charge >= 0.3 is 4.87 Å². The largest absolute Gasteiger partial charge is 0.333 e. The summed E-state index contributed by atoms with van der Waals surface area (Å²) in [5, 5.41) is 1.23. The molecular formula is C42H71NO2S3. The zero-order chi connectivity index (χ0) is 35.0. The SMILES string of the molecule is [C-]#[N+]C(CCCCCCCC/C=C\C/C=C\CCCCC)(CCCCCCCCCSCSCCCCC)S(=O)(=O)c1ccc(C)cc1. The lowest BCUT2D eigenvalue weighted by atomic mass is 9.99. The van der Waals surface area contributed by atoms with Gasteiger partial charge in [-0.25, -0.2) is 15.0 Å². The smallest absolute Gasteiger partial charge is 0.293 e. The summed E-state index contributed by atoms with van der Waals surface area (Å²) >= 11 is 4.17. The van der Waals surface area contributed by atoms with Crippen molar-refractivity contribution < 1.29 is 8.42 Å². The molecule has 0 aliphatic heterocycles. The minimum Gasteiger partial charge on any atom is -0.293 e. The number of nitrogens with zero attached hydrogens (tertiary/aromatic N) is 1. The second kappa shape index (κ2) is 30.6. The molecule has 1 aromatic rings. The number of allylic oxidation sites excluding steroid dienone is 4. The fourth-order valence-electron chi connectivity index (χ4n) is 6.01. The summed E-state index contributed by atoms with van der Waals surface area (Å²) in [5.41, 5.74) is 1.03. The highest BCUT2D eigenvalue weighted by Gasteiger charge is 2.50. The van der Waals surface area contributed by atoms with Crippen LogP contribution in [0.4, 0.5) is 0 Å². The second-order valence-corrected chi connectivity index (χ2v) is 18.4. The van der Waals surface area contributed by atoms with E-state index in [0.29, 0.717) is 17.7 Å². The molecule has 0 aliphatic rings. The van der Waals surface area contributed by atoms with E-state index >= 15 is 0 Å². The number of sulfone groups is 1. The van der Waals surface area contributed by atoms with Crippen molar-refractivity contribution in [3.05, 3.63) is 65.6 Å². The Bertz CT molecular complexity index is 1090. The van der Waals surface area contributed by atoms with Gasteiger partial charge in [0, 0.05) is 17.9 Å². The van der Waals surface area contributed by atoms with E-state index < -0.39 is 14.7 Å². The van der Waals surface area contributed by atoms with Crippen LogP contribution in [0.15, 0.2) is 53.5 Å². The predicted molar refractivity (Wildman–Crippen MR) is 218 cm³/mol. The predicted octanol–water partition coefficient (Wildman–Crippen LogP) is 14.3. The lowest BCUT2D eigenvalue weighted by Crippen LogP contribution is -2.35. The maximum absolute atomic E-state index is 13.9. The molecular weight excluding hydrogens is 647 g/mol. The van der Waals surface area contributed by atoms with Crippen molar-refractivity contribution in [3.63, 3.8) is 0 Å². The first-order valence-electron chi connectivity index (χ1n) is 19.6. The van der Waals surface area contributed by atoms with Gasteiger partial charge < -0.3 is 0 Å². The van der Waals surface area contributed by atoms with Gasteiger partial charge in [-0.1, -0.05) is 139 Å². The summed E-state index contributed by atoms with van der Waals surface area (Å²) in [7, 11) is -3.74. The Balaban J connectivity index is 2.39. The third kappa shape index (κ3) is 21.1. The van der Waals surface area contributed by atoms with E-state index in [9.17, 15) is 8.42 Å². The molecule has 0 radical (unpaired) electrons. The molecule has 0 bridgehead atoms. The first-order valence-corrected chi connectivity index (χ1v) is 23.4. The van der Waals surface area contributed by atoms with E-state index in [0.717, 1.165) is 56.9 Å². The Morgan fingerprint density at radius 2 is 1.06 bits per heavy atom. The molecule has 6 heteroatoms. The molecule has 1 rings (SSSR count). The molecule has 0 saturated carbocycles. The van der Waals surface area contributed by atoms with Gasteiger partial charge in [-0.2, -0.15) is 23.5 Å². The topological polar surface area (TPSA) is 38.5 Å². The van der Waals surface area contributed by atoms with Crippen molar-refractivity contribution in [1.82, 2.24) is 0 Å². The molecule has 0 amide bonds. The van der Waals surface area contributed by atoms with Crippen LogP contribution in [-0.2, 0) is 9.84 Å². The van der Waals surface area contributed by atoms with Crippen LogP contribution in [0.2, 0.25) is 0 Å². The molecule has 0 aromatic heterocycles. The first kappa shape index (κ1) is 44.9. The molecule has 0 saturated heterocycles. The minimum atomic E-state index is -3.74. The Morgan fingerprint density at radius 3 is 1.58 bits per heavy atom. The fourth-order valence-corrected chi connectivity index (χ4v) is 10.1. The summed E-state index contributed by atoms with van der Waals surface area (Å²) in [6.45, 7) is 14.6. The van der Waals surface area contributed by atoms with Crippen LogP contribution in [0.25, 0.3) is 4.85 Å². The standard InChI is InChI=1S/C42H71NO2S3/c1-5-7-9-10-11-12-13-14-15-16-17-18-19-21-24-27-35-42(43-4,48(44,45)41-33-31-40(3)32-34-41)36-28-25-22-20-23-26-30-38-47-39-46-37-29-8-6-2/h11-12,14-15,31-34H,5-10,13,16-30,35-39H2,1-3H3/b12-11-,15-14-. The van der Waals surface area contributed by atoms with Crippen molar-refractivity contribution >= 4 is 33.4 Å². The maximum Gasteiger partial charge on any atom is 0.333 e. The van der Waals surface area contributed by atoms with Crippen LogP contribution in [0.3, 0.4) is 0 Å². The molecule has 0 spiro atoms. The molecule has 3 nitrogen and oxygen atoms in total. The van der Waals surface area contributed by atoms with Gasteiger partial charge in [0.15, 0.2) is 0 Å². The number of hydrogen-bond donors (Lipinski definition) is 0. The van der Waals surface area contributed by atoms with E-state index in [4.69, 9.17) is 6.57 Å².